The normalized spacial score (nSPS) is 10.9. The summed E-state index contributed by atoms with van der Waals surface area (Å²) in [4.78, 5) is 34.9. The van der Waals surface area contributed by atoms with E-state index in [1.54, 1.807) is 14.0 Å². The van der Waals surface area contributed by atoms with Crippen LogP contribution in [0.4, 0.5) is 10.6 Å². The lowest BCUT2D eigenvalue weighted by Crippen LogP contribution is -2.32. The van der Waals surface area contributed by atoms with E-state index in [2.05, 4.69) is 25.6 Å². The number of alkyl carbamates (subject to hydrolysis) is 1. The molecule has 0 saturated carbocycles. The third kappa shape index (κ3) is 5.92. The monoisotopic (exact) mass is 459 g/mol. The molecular formula is C21H29N7O5. The standard InChI is InChI=1S/C21H29N7O5/c1-4-32-19-26-17(22)16-18(27-19)28(20(29)25-16)12-14-7-6-13(10-15(14)31-3)11-23-8-9-24-21(30)33-5-2/h6-7,10,23H,4-5,8-9,11-12H2,1-3H3,(H,24,30)(H,25,29)(H2,22,26,27). The van der Waals surface area contributed by atoms with Gasteiger partial charge in [0.2, 0.25) is 0 Å². The number of amides is 1. The Morgan fingerprint density at radius 2 is 2.03 bits per heavy atom. The minimum absolute atomic E-state index is 0.112. The quantitative estimate of drug-likeness (QED) is 0.307. The number of nitrogens with one attached hydrogen (secondary N) is 3. The highest BCUT2D eigenvalue weighted by atomic mass is 16.5. The second-order valence-corrected chi connectivity index (χ2v) is 7.01. The molecule has 2 heterocycles. The zero-order chi connectivity index (χ0) is 23.8. The van der Waals surface area contributed by atoms with Gasteiger partial charge in [-0.05, 0) is 25.5 Å². The van der Waals surface area contributed by atoms with Crippen molar-refractivity contribution in [2.24, 2.45) is 0 Å². The van der Waals surface area contributed by atoms with E-state index in [9.17, 15) is 9.59 Å². The summed E-state index contributed by atoms with van der Waals surface area (Å²) in [5.74, 6) is 0.775. The molecule has 2 aromatic heterocycles. The first-order valence-corrected chi connectivity index (χ1v) is 10.6. The number of nitrogen functional groups attached to an aromatic ring is 1. The fourth-order valence-electron chi connectivity index (χ4n) is 3.24. The van der Waals surface area contributed by atoms with Crippen LogP contribution in [0.15, 0.2) is 23.0 Å². The molecule has 0 aliphatic rings. The number of benzene rings is 1. The second kappa shape index (κ2) is 11.2. The number of H-pyrrole nitrogens is 1. The Morgan fingerprint density at radius 1 is 1.21 bits per heavy atom. The van der Waals surface area contributed by atoms with Crippen molar-refractivity contribution in [3.05, 3.63) is 39.8 Å². The van der Waals surface area contributed by atoms with Crippen molar-refractivity contribution in [1.82, 2.24) is 30.2 Å². The van der Waals surface area contributed by atoms with E-state index in [4.69, 9.17) is 19.9 Å². The van der Waals surface area contributed by atoms with Crippen LogP contribution in [0.1, 0.15) is 25.0 Å². The van der Waals surface area contributed by atoms with Gasteiger partial charge >= 0.3 is 17.8 Å². The number of imidazole rings is 1. The largest absolute Gasteiger partial charge is 0.496 e. The molecule has 0 aliphatic carbocycles. The second-order valence-electron chi connectivity index (χ2n) is 7.01. The van der Waals surface area contributed by atoms with E-state index < -0.39 is 6.09 Å². The fraction of sp³-hybridized carbons (Fsp3) is 0.429. The van der Waals surface area contributed by atoms with Crippen molar-refractivity contribution < 1.29 is 19.0 Å². The van der Waals surface area contributed by atoms with Crippen molar-refractivity contribution in [1.29, 1.82) is 0 Å². The molecule has 0 saturated heterocycles. The molecule has 3 aromatic rings. The predicted octanol–water partition coefficient (Wildman–Crippen LogP) is 0.993. The molecule has 3 rings (SSSR count). The number of anilines is 1. The van der Waals surface area contributed by atoms with E-state index in [1.165, 1.54) is 4.57 Å². The zero-order valence-corrected chi connectivity index (χ0v) is 18.9. The van der Waals surface area contributed by atoms with Gasteiger partial charge in [0.15, 0.2) is 11.5 Å². The number of carbonyl (C=O) groups excluding carboxylic acids is 1. The van der Waals surface area contributed by atoms with E-state index in [0.717, 1.165) is 11.1 Å². The molecule has 0 atom stereocenters. The molecule has 1 aromatic carbocycles. The summed E-state index contributed by atoms with van der Waals surface area (Å²) in [5, 5.41) is 5.89. The highest BCUT2D eigenvalue weighted by Crippen LogP contribution is 2.23. The number of hydrogen-bond donors (Lipinski definition) is 4. The minimum Gasteiger partial charge on any atom is -0.496 e. The molecule has 12 heteroatoms. The Labute approximate surface area is 190 Å². The van der Waals surface area contributed by atoms with Crippen molar-refractivity contribution in [3.63, 3.8) is 0 Å². The van der Waals surface area contributed by atoms with Crippen LogP contribution in [-0.4, -0.2) is 59.0 Å². The lowest BCUT2D eigenvalue weighted by Gasteiger charge is -2.12. The van der Waals surface area contributed by atoms with Gasteiger partial charge in [0.05, 0.1) is 26.9 Å². The SMILES string of the molecule is CCOC(=O)NCCNCc1ccc(Cn2c(=O)[nH]c3c(N)nc(OCC)nc32)c(OC)c1. The number of hydrogen-bond acceptors (Lipinski definition) is 9. The summed E-state index contributed by atoms with van der Waals surface area (Å²) in [6.45, 7) is 6.11. The average Bonchev–Trinajstić information content (AvgIpc) is 3.10. The van der Waals surface area contributed by atoms with E-state index in [-0.39, 0.29) is 24.1 Å². The molecule has 0 bridgehead atoms. The van der Waals surface area contributed by atoms with Crippen molar-refractivity contribution in [3.8, 4) is 11.8 Å². The van der Waals surface area contributed by atoms with Crippen LogP contribution in [0, 0.1) is 0 Å². The predicted molar refractivity (Wildman–Crippen MR) is 123 cm³/mol. The molecule has 178 valence electrons. The molecule has 1 amide bonds. The van der Waals surface area contributed by atoms with Crippen LogP contribution < -0.4 is 31.5 Å². The number of nitrogens with two attached hydrogens (primary N) is 1. The number of aromatic amines is 1. The van der Waals surface area contributed by atoms with Crippen LogP contribution in [0.5, 0.6) is 11.8 Å². The van der Waals surface area contributed by atoms with Gasteiger partial charge in [-0.15, -0.1) is 0 Å². The lowest BCUT2D eigenvalue weighted by atomic mass is 10.1. The Balaban J connectivity index is 1.72. The van der Waals surface area contributed by atoms with Gasteiger partial charge in [0.25, 0.3) is 0 Å². The first-order valence-electron chi connectivity index (χ1n) is 10.6. The number of nitrogens with zero attached hydrogens (tertiary/aromatic N) is 3. The van der Waals surface area contributed by atoms with Gasteiger partial charge in [-0.2, -0.15) is 9.97 Å². The van der Waals surface area contributed by atoms with Gasteiger partial charge in [-0.3, -0.25) is 4.57 Å². The van der Waals surface area contributed by atoms with Gasteiger partial charge in [0, 0.05) is 25.2 Å². The van der Waals surface area contributed by atoms with Gasteiger partial charge < -0.3 is 35.6 Å². The number of methoxy groups -OCH3 is 1. The molecular weight excluding hydrogens is 430 g/mol. The van der Waals surface area contributed by atoms with Crippen LogP contribution in [0.25, 0.3) is 11.2 Å². The first kappa shape index (κ1) is 23.9. The van der Waals surface area contributed by atoms with Crippen LogP contribution >= 0.6 is 0 Å². The van der Waals surface area contributed by atoms with Crippen LogP contribution in [0.3, 0.4) is 0 Å². The summed E-state index contributed by atoms with van der Waals surface area (Å²) in [5.41, 5.74) is 8.11. The van der Waals surface area contributed by atoms with Gasteiger partial charge in [-0.1, -0.05) is 12.1 Å². The number of carbonyl (C=O) groups is 1. The number of fused-ring (bicyclic) bond motifs is 1. The summed E-state index contributed by atoms with van der Waals surface area (Å²) in [6, 6.07) is 5.85. The Bertz CT molecular complexity index is 1160. The van der Waals surface area contributed by atoms with E-state index in [1.807, 2.05) is 25.1 Å². The maximum atomic E-state index is 12.6. The number of aromatic nitrogens is 4. The minimum atomic E-state index is -0.432. The van der Waals surface area contributed by atoms with E-state index in [0.29, 0.717) is 49.8 Å². The van der Waals surface area contributed by atoms with E-state index >= 15 is 0 Å². The summed E-state index contributed by atoms with van der Waals surface area (Å²) in [7, 11) is 1.57. The third-order valence-electron chi connectivity index (χ3n) is 4.76. The summed E-state index contributed by atoms with van der Waals surface area (Å²) in [6.07, 6.45) is -0.432. The average molecular weight is 460 g/mol. The third-order valence-corrected chi connectivity index (χ3v) is 4.76. The van der Waals surface area contributed by atoms with Crippen molar-refractivity contribution in [2.45, 2.75) is 26.9 Å². The smallest absolute Gasteiger partial charge is 0.407 e. The number of ether oxygens (including phenoxy) is 3. The number of rotatable bonds is 11. The molecule has 0 radical (unpaired) electrons. The molecule has 0 unspecified atom stereocenters. The maximum Gasteiger partial charge on any atom is 0.407 e. The maximum absolute atomic E-state index is 12.6. The molecule has 33 heavy (non-hydrogen) atoms. The van der Waals surface area contributed by atoms with Crippen molar-refractivity contribution >= 4 is 23.1 Å². The Hall–Kier alpha value is -3.80. The fourth-order valence-corrected chi connectivity index (χ4v) is 3.24. The highest BCUT2D eigenvalue weighted by Gasteiger charge is 2.16. The summed E-state index contributed by atoms with van der Waals surface area (Å²) >= 11 is 0. The first-order chi connectivity index (χ1) is 16.0. The van der Waals surface area contributed by atoms with Crippen molar-refractivity contribution in [2.75, 3.05) is 39.1 Å². The highest BCUT2D eigenvalue weighted by molar-refractivity contribution is 5.82. The molecule has 5 N–H and O–H groups in total. The summed E-state index contributed by atoms with van der Waals surface area (Å²) < 4.78 is 17.2. The Morgan fingerprint density at radius 3 is 2.76 bits per heavy atom. The topological polar surface area (TPSA) is 158 Å². The zero-order valence-electron chi connectivity index (χ0n) is 18.9. The van der Waals surface area contributed by atoms with Crippen LogP contribution in [-0.2, 0) is 17.8 Å². The molecule has 0 aliphatic heterocycles. The van der Waals surface area contributed by atoms with Crippen LogP contribution in [0.2, 0.25) is 0 Å². The molecule has 12 nitrogen and oxygen atoms in total. The molecule has 0 fully saturated rings. The van der Waals surface area contributed by atoms with Gasteiger partial charge in [-0.25, -0.2) is 9.59 Å². The lowest BCUT2D eigenvalue weighted by molar-refractivity contribution is 0.152. The Kier molecular flexibility index (Phi) is 8.08. The molecule has 0 spiro atoms. The van der Waals surface area contributed by atoms with Gasteiger partial charge in [0.1, 0.15) is 11.3 Å².